The van der Waals surface area contributed by atoms with Crippen LogP contribution in [0.4, 0.5) is 0 Å². The van der Waals surface area contributed by atoms with Crippen LogP contribution in [0.15, 0.2) is 12.1 Å². The van der Waals surface area contributed by atoms with Gasteiger partial charge in [0.25, 0.3) is 0 Å². The van der Waals surface area contributed by atoms with E-state index in [9.17, 15) is 9.90 Å². The normalized spacial score (nSPS) is 20.5. The van der Waals surface area contributed by atoms with Gasteiger partial charge in [-0.15, -0.1) is 0 Å². The number of aryl methyl sites for hydroxylation is 3. The van der Waals surface area contributed by atoms with E-state index in [0.717, 1.165) is 19.6 Å². The van der Waals surface area contributed by atoms with Crippen molar-refractivity contribution in [3.8, 4) is 0 Å². The van der Waals surface area contributed by atoms with E-state index in [1.807, 2.05) is 0 Å². The lowest BCUT2D eigenvalue weighted by Crippen LogP contribution is -2.54. The first-order valence-corrected chi connectivity index (χ1v) is 6.73. The molecule has 1 aliphatic rings. The van der Waals surface area contributed by atoms with Gasteiger partial charge in [0, 0.05) is 26.2 Å². The van der Waals surface area contributed by atoms with E-state index in [1.165, 1.54) is 22.3 Å². The molecule has 2 rings (SSSR count). The summed E-state index contributed by atoms with van der Waals surface area (Å²) in [6.07, 6.45) is 0. The molecule has 2 N–H and O–H groups in total. The van der Waals surface area contributed by atoms with Crippen molar-refractivity contribution in [3.05, 3.63) is 34.4 Å². The summed E-state index contributed by atoms with van der Waals surface area (Å²) in [6, 6.07) is 3.91. The minimum atomic E-state index is -0.741. The summed E-state index contributed by atoms with van der Waals surface area (Å²) in [4.78, 5) is 13.4. The topological polar surface area (TPSA) is 52.6 Å². The second-order valence-electron chi connectivity index (χ2n) is 5.41. The first-order valence-electron chi connectivity index (χ1n) is 6.73. The number of rotatable bonds is 3. The molecule has 0 saturated carbocycles. The summed E-state index contributed by atoms with van der Waals surface area (Å²) < 4.78 is 0. The van der Waals surface area contributed by atoms with Gasteiger partial charge in [-0.05, 0) is 37.5 Å². The fourth-order valence-corrected chi connectivity index (χ4v) is 2.84. The van der Waals surface area contributed by atoms with Crippen LogP contribution in [0.2, 0.25) is 0 Å². The van der Waals surface area contributed by atoms with Crippen molar-refractivity contribution in [2.75, 3.05) is 19.6 Å². The Morgan fingerprint density at radius 3 is 2.58 bits per heavy atom. The highest BCUT2D eigenvalue weighted by atomic mass is 16.4. The van der Waals surface area contributed by atoms with Crippen molar-refractivity contribution in [1.82, 2.24) is 10.2 Å². The molecule has 0 spiro atoms. The van der Waals surface area contributed by atoms with E-state index in [1.54, 1.807) is 0 Å². The minimum Gasteiger partial charge on any atom is -0.480 e. The summed E-state index contributed by atoms with van der Waals surface area (Å²) in [5.74, 6) is -0.741. The minimum absolute atomic E-state index is 0.422. The Morgan fingerprint density at radius 2 is 2.00 bits per heavy atom. The molecule has 1 unspecified atom stereocenters. The molecule has 1 heterocycles. The number of carbonyl (C=O) groups is 1. The summed E-state index contributed by atoms with van der Waals surface area (Å²) in [6.45, 7) is 9.18. The van der Waals surface area contributed by atoms with Crippen LogP contribution < -0.4 is 5.32 Å². The van der Waals surface area contributed by atoms with Gasteiger partial charge in [-0.1, -0.05) is 17.7 Å². The first-order chi connectivity index (χ1) is 8.99. The maximum Gasteiger partial charge on any atom is 0.322 e. The van der Waals surface area contributed by atoms with Gasteiger partial charge in [0.05, 0.1) is 0 Å². The molecule has 0 bridgehead atoms. The van der Waals surface area contributed by atoms with Gasteiger partial charge in [0.15, 0.2) is 0 Å². The van der Waals surface area contributed by atoms with Crippen LogP contribution >= 0.6 is 0 Å². The quantitative estimate of drug-likeness (QED) is 0.866. The number of nitrogens with one attached hydrogen (secondary N) is 1. The molecule has 0 aromatic heterocycles. The first kappa shape index (κ1) is 14.0. The molecular formula is C15H22N2O2. The number of nitrogens with zero attached hydrogens (tertiary/aromatic N) is 1. The number of carboxylic acids is 1. The predicted molar refractivity (Wildman–Crippen MR) is 75.4 cm³/mol. The maximum absolute atomic E-state index is 11.3. The molecule has 19 heavy (non-hydrogen) atoms. The number of benzene rings is 1. The maximum atomic E-state index is 11.3. The van der Waals surface area contributed by atoms with Crippen LogP contribution in [0.3, 0.4) is 0 Å². The number of piperazine rings is 1. The average molecular weight is 262 g/mol. The molecule has 104 valence electrons. The second kappa shape index (κ2) is 5.72. The number of hydrogen-bond acceptors (Lipinski definition) is 3. The lowest BCUT2D eigenvalue weighted by atomic mass is 9.98. The van der Waals surface area contributed by atoms with Crippen LogP contribution in [0, 0.1) is 20.8 Å². The van der Waals surface area contributed by atoms with E-state index in [2.05, 4.69) is 43.1 Å². The fourth-order valence-electron chi connectivity index (χ4n) is 2.84. The van der Waals surface area contributed by atoms with Crippen molar-refractivity contribution in [2.24, 2.45) is 0 Å². The Kier molecular flexibility index (Phi) is 4.22. The predicted octanol–water partition coefficient (Wildman–Crippen LogP) is 1.47. The molecular weight excluding hydrogens is 240 g/mol. The molecule has 4 nitrogen and oxygen atoms in total. The van der Waals surface area contributed by atoms with Crippen LogP contribution in [0.5, 0.6) is 0 Å². The lowest BCUT2D eigenvalue weighted by Gasteiger charge is -2.34. The molecule has 1 aliphatic heterocycles. The van der Waals surface area contributed by atoms with Crippen molar-refractivity contribution in [3.63, 3.8) is 0 Å². The van der Waals surface area contributed by atoms with Crippen LogP contribution in [0.1, 0.15) is 22.3 Å². The van der Waals surface area contributed by atoms with E-state index < -0.39 is 12.0 Å². The fraction of sp³-hybridized carbons (Fsp3) is 0.533. The van der Waals surface area contributed by atoms with E-state index in [0.29, 0.717) is 6.54 Å². The molecule has 1 atom stereocenters. The van der Waals surface area contributed by atoms with Gasteiger partial charge in [0.1, 0.15) is 6.04 Å². The highest BCUT2D eigenvalue weighted by Gasteiger charge is 2.28. The molecule has 1 aromatic carbocycles. The third-order valence-corrected chi connectivity index (χ3v) is 3.84. The van der Waals surface area contributed by atoms with Crippen LogP contribution in [0.25, 0.3) is 0 Å². The molecule has 0 amide bonds. The Balaban J connectivity index is 2.22. The second-order valence-corrected chi connectivity index (χ2v) is 5.41. The standard InChI is InChI=1S/C15H22N2O2/c1-10-6-11(2)13(12(3)7-10)9-17-5-4-16-8-14(17)15(18)19/h6-7,14,16H,4-5,8-9H2,1-3H3,(H,18,19). The molecule has 1 saturated heterocycles. The summed E-state index contributed by atoms with van der Waals surface area (Å²) in [5, 5.41) is 12.4. The Morgan fingerprint density at radius 1 is 1.37 bits per heavy atom. The summed E-state index contributed by atoms with van der Waals surface area (Å²) in [7, 11) is 0. The van der Waals surface area contributed by atoms with Gasteiger partial charge in [-0.25, -0.2) is 0 Å². The van der Waals surface area contributed by atoms with Crippen LogP contribution in [-0.2, 0) is 11.3 Å². The molecule has 1 fully saturated rings. The van der Waals surface area contributed by atoms with E-state index in [4.69, 9.17) is 0 Å². The zero-order chi connectivity index (χ0) is 14.0. The zero-order valence-corrected chi connectivity index (χ0v) is 11.9. The highest BCUT2D eigenvalue weighted by molar-refractivity contribution is 5.74. The van der Waals surface area contributed by atoms with Crippen molar-refractivity contribution in [2.45, 2.75) is 33.4 Å². The van der Waals surface area contributed by atoms with Crippen LogP contribution in [-0.4, -0.2) is 41.7 Å². The Bertz CT molecular complexity index is 462. The third-order valence-electron chi connectivity index (χ3n) is 3.84. The van der Waals surface area contributed by atoms with Gasteiger partial charge in [0.2, 0.25) is 0 Å². The monoisotopic (exact) mass is 262 g/mol. The SMILES string of the molecule is Cc1cc(C)c(CN2CCNCC2C(=O)O)c(C)c1. The van der Waals surface area contributed by atoms with Crippen molar-refractivity contribution >= 4 is 5.97 Å². The molecule has 1 aromatic rings. The zero-order valence-electron chi connectivity index (χ0n) is 11.9. The lowest BCUT2D eigenvalue weighted by molar-refractivity contribution is -0.144. The highest BCUT2D eigenvalue weighted by Crippen LogP contribution is 2.20. The van der Waals surface area contributed by atoms with Gasteiger partial charge >= 0.3 is 5.97 Å². The third kappa shape index (κ3) is 3.14. The van der Waals surface area contributed by atoms with E-state index >= 15 is 0 Å². The number of aliphatic carboxylic acids is 1. The van der Waals surface area contributed by atoms with Crippen molar-refractivity contribution in [1.29, 1.82) is 0 Å². The van der Waals surface area contributed by atoms with Gasteiger partial charge in [-0.3, -0.25) is 9.69 Å². The Hall–Kier alpha value is -1.39. The summed E-state index contributed by atoms with van der Waals surface area (Å²) in [5.41, 5.74) is 5.02. The smallest absolute Gasteiger partial charge is 0.322 e. The van der Waals surface area contributed by atoms with Gasteiger partial charge in [-0.2, -0.15) is 0 Å². The van der Waals surface area contributed by atoms with Crippen molar-refractivity contribution < 1.29 is 9.90 Å². The molecule has 0 aliphatic carbocycles. The Labute approximate surface area is 114 Å². The largest absolute Gasteiger partial charge is 0.480 e. The molecule has 4 heteroatoms. The van der Waals surface area contributed by atoms with Gasteiger partial charge < -0.3 is 10.4 Å². The number of hydrogen-bond donors (Lipinski definition) is 2. The molecule has 0 radical (unpaired) electrons. The average Bonchev–Trinajstić information content (AvgIpc) is 2.34. The summed E-state index contributed by atoms with van der Waals surface area (Å²) >= 11 is 0. The van der Waals surface area contributed by atoms with E-state index in [-0.39, 0.29) is 0 Å². The number of carboxylic acid groups (broad SMARTS) is 1.